The van der Waals surface area contributed by atoms with Gasteiger partial charge < -0.3 is 14.5 Å². The van der Waals surface area contributed by atoms with Gasteiger partial charge in [-0.25, -0.2) is 9.18 Å². The minimum Gasteiger partial charge on any atom is -0.481 e. The Labute approximate surface area is 258 Å². The third-order valence-corrected chi connectivity index (χ3v) is 9.70. The van der Waals surface area contributed by atoms with Crippen molar-refractivity contribution < 1.29 is 18.7 Å². The fourth-order valence-electron chi connectivity index (χ4n) is 6.84. The first kappa shape index (κ1) is 30.0. The molecule has 1 atom stereocenters. The van der Waals surface area contributed by atoms with Crippen LogP contribution in [0.1, 0.15) is 60.3 Å². The number of amides is 3. The Morgan fingerprint density at radius 2 is 1.80 bits per heavy atom. The number of carbonyl (C=O) groups is 2. The van der Waals surface area contributed by atoms with Crippen LogP contribution in [0, 0.1) is 12.7 Å². The van der Waals surface area contributed by atoms with Gasteiger partial charge in [-0.15, -0.1) is 0 Å². The molecule has 3 fully saturated rings. The number of nitrogens with one attached hydrogen (secondary N) is 2. The highest BCUT2D eigenvalue weighted by Crippen LogP contribution is 2.40. The lowest BCUT2D eigenvalue weighted by atomic mass is 9.85. The third kappa shape index (κ3) is 5.76. The zero-order valence-electron chi connectivity index (χ0n) is 25.7. The zero-order chi connectivity index (χ0) is 30.8. The fraction of sp³-hybridized carbons (Fsp3) is 0.441. The highest BCUT2D eigenvalue weighted by molar-refractivity contribution is 5.94. The largest absolute Gasteiger partial charge is 0.481 e. The molecule has 1 aromatic heterocycles. The van der Waals surface area contributed by atoms with Crippen LogP contribution >= 0.6 is 0 Å². The molecular formula is C34H41FN6O3. The number of hydrogen-bond acceptors (Lipinski definition) is 6. The molecule has 2 aromatic carbocycles. The molecule has 3 aromatic rings. The first-order valence-corrected chi connectivity index (χ1v) is 15.5. The van der Waals surface area contributed by atoms with Gasteiger partial charge in [0, 0.05) is 50.6 Å². The number of benzene rings is 2. The van der Waals surface area contributed by atoms with E-state index >= 15 is 0 Å². The number of aromatic nitrogens is 1. The maximum atomic E-state index is 14.6. The van der Waals surface area contributed by atoms with Crippen LogP contribution in [-0.4, -0.2) is 72.1 Å². The SMILES string of the molecule is COc1nc(N2CC3(CCN(C(=O)CC(C)c4ccccc4)CC3)N(Cc3cccc(F)c3C)C2=O)ccc1C1CNNC1. The maximum Gasteiger partial charge on any atom is 0.326 e. The molecule has 1 unspecified atom stereocenters. The van der Waals surface area contributed by atoms with Crippen LogP contribution in [0.25, 0.3) is 0 Å². The van der Waals surface area contributed by atoms with Crippen molar-refractivity contribution in [3.63, 3.8) is 0 Å². The minimum absolute atomic E-state index is 0.121. The van der Waals surface area contributed by atoms with Crippen LogP contribution in [0.3, 0.4) is 0 Å². The molecule has 44 heavy (non-hydrogen) atoms. The third-order valence-electron chi connectivity index (χ3n) is 9.70. The van der Waals surface area contributed by atoms with Crippen molar-refractivity contribution in [3.8, 4) is 5.88 Å². The second-order valence-corrected chi connectivity index (χ2v) is 12.3. The maximum absolute atomic E-state index is 14.6. The lowest BCUT2D eigenvalue weighted by Crippen LogP contribution is -2.55. The van der Waals surface area contributed by atoms with E-state index in [9.17, 15) is 14.0 Å². The number of anilines is 1. The number of piperidine rings is 1. The Balaban J connectivity index is 1.24. The number of halogens is 1. The quantitative estimate of drug-likeness (QED) is 0.389. The first-order chi connectivity index (χ1) is 21.3. The minimum atomic E-state index is -0.523. The average molecular weight is 601 g/mol. The van der Waals surface area contributed by atoms with E-state index in [2.05, 4.69) is 29.9 Å². The van der Waals surface area contributed by atoms with Crippen LogP contribution < -0.4 is 20.5 Å². The topological polar surface area (TPSA) is 90.0 Å². The average Bonchev–Trinajstić information content (AvgIpc) is 3.67. The summed E-state index contributed by atoms with van der Waals surface area (Å²) in [6, 6.07) is 18.8. The zero-order valence-corrected chi connectivity index (χ0v) is 25.7. The molecule has 0 bridgehead atoms. The highest BCUT2D eigenvalue weighted by atomic mass is 19.1. The number of rotatable bonds is 8. The lowest BCUT2D eigenvalue weighted by molar-refractivity contribution is -0.133. The molecule has 3 aliphatic heterocycles. The van der Waals surface area contributed by atoms with Gasteiger partial charge in [0.1, 0.15) is 11.6 Å². The molecule has 0 radical (unpaired) electrons. The van der Waals surface area contributed by atoms with Crippen molar-refractivity contribution in [2.75, 3.05) is 44.7 Å². The Morgan fingerprint density at radius 3 is 2.50 bits per heavy atom. The number of hydrogen-bond donors (Lipinski definition) is 2. The van der Waals surface area contributed by atoms with Gasteiger partial charge in [0.25, 0.3) is 0 Å². The lowest BCUT2D eigenvalue weighted by Gasteiger charge is -2.44. The van der Waals surface area contributed by atoms with E-state index in [4.69, 9.17) is 9.72 Å². The second kappa shape index (κ2) is 12.5. The molecule has 1 spiro atoms. The van der Waals surface area contributed by atoms with Gasteiger partial charge in [0.05, 0.1) is 19.2 Å². The summed E-state index contributed by atoms with van der Waals surface area (Å²) in [5.74, 6) is 1.21. The number of methoxy groups -OCH3 is 1. The van der Waals surface area contributed by atoms with Gasteiger partial charge in [-0.1, -0.05) is 49.4 Å². The predicted octanol–water partition coefficient (Wildman–Crippen LogP) is 4.73. The monoisotopic (exact) mass is 600 g/mol. The van der Waals surface area contributed by atoms with Crippen LogP contribution in [0.15, 0.2) is 60.7 Å². The van der Waals surface area contributed by atoms with E-state index < -0.39 is 5.54 Å². The van der Waals surface area contributed by atoms with Crippen molar-refractivity contribution in [1.82, 2.24) is 25.6 Å². The van der Waals surface area contributed by atoms with Crippen molar-refractivity contribution in [1.29, 1.82) is 0 Å². The van der Waals surface area contributed by atoms with Crippen molar-refractivity contribution in [2.45, 2.75) is 57.0 Å². The van der Waals surface area contributed by atoms with E-state index in [1.54, 1.807) is 25.0 Å². The second-order valence-electron chi connectivity index (χ2n) is 12.3. The van der Waals surface area contributed by atoms with Crippen LogP contribution in [0.4, 0.5) is 15.0 Å². The number of carbonyl (C=O) groups excluding carboxylic acids is 2. The van der Waals surface area contributed by atoms with E-state index in [0.717, 1.165) is 29.8 Å². The molecule has 3 aliphatic rings. The molecule has 0 aliphatic carbocycles. The summed E-state index contributed by atoms with van der Waals surface area (Å²) in [7, 11) is 1.60. The summed E-state index contributed by atoms with van der Waals surface area (Å²) < 4.78 is 20.2. The summed E-state index contributed by atoms with van der Waals surface area (Å²) in [4.78, 5) is 37.9. The molecule has 4 heterocycles. The number of ether oxygens (including phenoxy) is 1. The molecule has 9 nitrogen and oxygen atoms in total. The van der Waals surface area contributed by atoms with Crippen LogP contribution in [0.2, 0.25) is 0 Å². The van der Waals surface area contributed by atoms with Gasteiger partial charge in [-0.05, 0) is 60.6 Å². The van der Waals surface area contributed by atoms with Crippen molar-refractivity contribution >= 4 is 17.8 Å². The van der Waals surface area contributed by atoms with E-state index in [1.807, 2.05) is 46.2 Å². The van der Waals surface area contributed by atoms with Crippen molar-refractivity contribution in [2.24, 2.45) is 0 Å². The molecule has 3 saturated heterocycles. The number of urea groups is 1. The summed E-state index contributed by atoms with van der Waals surface area (Å²) in [5, 5.41) is 0. The summed E-state index contributed by atoms with van der Waals surface area (Å²) in [6.45, 7) is 7.20. The number of hydrazine groups is 1. The van der Waals surface area contributed by atoms with Gasteiger partial charge in [0.2, 0.25) is 11.8 Å². The van der Waals surface area contributed by atoms with Gasteiger partial charge in [0.15, 0.2) is 0 Å². The number of nitrogens with zero attached hydrogens (tertiary/aromatic N) is 4. The molecule has 232 valence electrons. The van der Waals surface area contributed by atoms with Crippen molar-refractivity contribution in [3.05, 3.63) is 88.7 Å². The molecule has 10 heteroatoms. The van der Waals surface area contributed by atoms with Gasteiger partial charge >= 0.3 is 6.03 Å². The first-order valence-electron chi connectivity index (χ1n) is 15.5. The number of likely N-dealkylation sites (tertiary alicyclic amines) is 1. The summed E-state index contributed by atoms with van der Waals surface area (Å²) in [6.07, 6.45) is 1.70. The van der Waals surface area contributed by atoms with E-state index in [-0.39, 0.29) is 36.1 Å². The Kier molecular flexibility index (Phi) is 8.55. The standard InChI is InChI=1S/C34H41FN6O3/c1-23(25-8-5-4-6-9-25)18-31(42)39-16-14-34(15-17-39)22-40(33(43)41(34)21-26-10-7-11-29(35)24(26)2)30-13-12-28(32(38-30)44-3)27-19-36-37-20-27/h4-13,23,27,36-37H,14-22H2,1-3H3. The predicted molar refractivity (Wildman–Crippen MR) is 167 cm³/mol. The van der Waals surface area contributed by atoms with E-state index in [0.29, 0.717) is 56.2 Å². The molecule has 0 saturated carbocycles. The highest BCUT2D eigenvalue weighted by Gasteiger charge is 2.52. The van der Waals surface area contributed by atoms with Gasteiger partial charge in [-0.2, -0.15) is 4.98 Å². The van der Waals surface area contributed by atoms with E-state index in [1.165, 1.54) is 6.07 Å². The molecule has 3 amide bonds. The molecule has 2 N–H and O–H groups in total. The molecular weight excluding hydrogens is 559 g/mol. The van der Waals surface area contributed by atoms with Crippen LogP contribution in [-0.2, 0) is 11.3 Å². The smallest absolute Gasteiger partial charge is 0.326 e. The normalized spacial score (nSPS) is 19.2. The Hall–Kier alpha value is -4.02. The Morgan fingerprint density at radius 1 is 1.07 bits per heavy atom. The fourth-order valence-corrected chi connectivity index (χ4v) is 6.84. The van der Waals surface area contributed by atoms with Crippen LogP contribution in [0.5, 0.6) is 5.88 Å². The number of pyridine rings is 1. The Bertz CT molecular complexity index is 1500. The van der Waals surface area contributed by atoms with Gasteiger partial charge in [-0.3, -0.25) is 20.5 Å². The summed E-state index contributed by atoms with van der Waals surface area (Å²) >= 11 is 0. The molecule has 6 rings (SSSR count). The summed E-state index contributed by atoms with van der Waals surface area (Å²) in [5.41, 5.74) is 9.22.